The fraction of sp³-hybridized carbons (Fsp3) is 0.500. The van der Waals surface area contributed by atoms with Gasteiger partial charge in [0.25, 0.3) is 0 Å². The number of nitrogens with one attached hydrogen (secondary N) is 1. The van der Waals surface area contributed by atoms with Gasteiger partial charge in [-0.15, -0.1) is 0 Å². The normalized spacial score (nSPS) is 21.8. The summed E-state index contributed by atoms with van der Waals surface area (Å²) in [5.74, 6) is -0.523. The highest BCUT2D eigenvalue weighted by molar-refractivity contribution is 5.48. The van der Waals surface area contributed by atoms with E-state index < -0.39 is 18.0 Å². The van der Waals surface area contributed by atoms with Crippen molar-refractivity contribution in [2.24, 2.45) is 0 Å². The molecule has 0 aromatic heterocycles. The summed E-state index contributed by atoms with van der Waals surface area (Å²) < 4.78 is 52.1. The highest BCUT2D eigenvalue weighted by Gasteiger charge is 2.44. The molecule has 100 valence electrons. The van der Waals surface area contributed by atoms with Crippen LogP contribution in [0.4, 0.5) is 23.2 Å². The Labute approximate surface area is 103 Å². The molecule has 1 unspecified atom stereocenters. The van der Waals surface area contributed by atoms with Crippen LogP contribution in [0.2, 0.25) is 0 Å². The van der Waals surface area contributed by atoms with Crippen LogP contribution in [0.15, 0.2) is 24.3 Å². The molecule has 1 heterocycles. The van der Waals surface area contributed by atoms with Crippen molar-refractivity contribution < 1.29 is 17.6 Å². The van der Waals surface area contributed by atoms with E-state index in [0.29, 0.717) is 13.0 Å². The molecule has 0 spiro atoms. The molecular formula is C12H14F4N2. The minimum Gasteiger partial charge on any atom is -0.359 e. The van der Waals surface area contributed by atoms with Crippen LogP contribution < -0.4 is 10.2 Å². The Balaban J connectivity index is 2.31. The molecule has 2 nitrogen and oxygen atoms in total. The zero-order valence-corrected chi connectivity index (χ0v) is 9.67. The van der Waals surface area contributed by atoms with Gasteiger partial charge >= 0.3 is 6.18 Å². The molecule has 0 amide bonds. The molecule has 6 heteroatoms. The second-order valence-electron chi connectivity index (χ2n) is 4.29. The predicted octanol–water partition coefficient (Wildman–Crippen LogP) is 2.56. The van der Waals surface area contributed by atoms with Gasteiger partial charge in [-0.2, -0.15) is 13.2 Å². The molecule has 1 atom stereocenters. The number of rotatable bonds is 1. The molecule has 0 radical (unpaired) electrons. The molecule has 18 heavy (non-hydrogen) atoms. The number of benzene rings is 1. The average Bonchev–Trinajstić information content (AvgIpc) is 2.53. The van der Waals surface area contributed by atoms with Crippen molar-refractivity contribution in [3.63, 3.8) is 0 Å². The number of alkyl halides is 3. The number of halogens is 4. The fourth-order valence-corrected chi connectivity index (χ4v) is 2.14. The molecule has 1 aliphatic heterocycles. The smallest absolute Gasteiger partial charge is 0.359 e. The predicted molar refractivity (Wildman–Crippen MR) is 61.1 cm³/mol. The van der Waals surface area contributed by atoms with Gasteiger partial charge in [-0.25, -0.2) is 4.39 Å². The molecule has 1 fully saturated rings. The monoisotopic (exact) mass is 262 g/mol. The van der Waals surface area contributed by atoms with Crippen molar-refractivity contribution in [2.45, 2.75) is 18.6 Å². The molecular weight excluding hydrogens is 248 g/mol. The SMILES string of the molecule is Fc1cccc(N2CCCNCC2C(F)(F)F)c1. The summed E-state index contributed by atoms with van der Waals surface area (Å²) in [7, 11) is 0. The van der Waals surface area contributed by atoms with Gasteiger partial charge in [-0.05, 0) is 31.2 Å². The van der Waals surface area contributed by atoms with Crippen molar-refractivity contribution in [1.82, 2.24) is 5.32 Å². The van der Waals surface area contributed by atoms with E-state index in [4.69, 9.17) is 0 Å². The average molecular weight is 262 g/mol. The van der Waals surface area contributed by atoms with Crippen LogP contribution in [-0.2, 0) is 0 Å². The first-order valence-corrected chi connectivity index (χ1v) is 5.78. The van der Waals surface area contributed by atoms with E-state index in [1.54, 1.807) is 0 Å². The molecule has 1 N–H and O–H groups in total. The van der Waals surface area contributed by atoms with Crippen LogP contribution in [0.1, 0.15) is 6.42 Å². The Bertz CT molecular complexity index is 405. The van der Waals surface area contributed by atoms with Crippen LogP contribution in [0.5, 0.6) is 0 Å². The molecule has 1 aromatic rings. The Hall–Kier alpha value is -1.30. The Kier molecular flexibility index (Phi) is 3.75. The first-order chi connectivity index (χ1) is 8.48. The van der Waals surface area contributed by atoms with Crippen molar-refractivity contribution in [2.75, 3.05) is 24.5 Å². The quantitative estimate of drug-likeness (QED) is 0.782. The van der Waals surface area contributed by atoms with E-state index >= 15 is 0 Å². The molecule has 0 bridgehead atoms. The minimum atomic E-state index is -4.33. The van der Waals surface area contributed by atoms with Gasteiger partial charge in [0.15, 0.2) is 0 Å². The fourth-order valence-electron chi connectivity index (χ4n) is 2.14. The van der Waals surface area contributed by atoms with Gasteiger partial charge in [0, 0.05) is 18.8 Å². The lowest BCUT2D eigenvalue weighted by atomic mass is 10.2. The molecule has 0 aliphatic carbocycles. The second kappa shape index (κ2) is 5.14. The largest absolute Gasteiger partial charge is 0.409 e. The maximum Gasteiger partial charge on any atom is 0.409 e. The summed E-state index contributed by atoms with van der Waals surface area (Å²) in [5, 5.41) is 2.76. The lowest BCUT2D eigenvalue weighted by Crippen LogP contribution is -2.50. The van der Waals surface area contributed by atoms with E-state index in [0.717, 1.165) is 6.07 Å². The van der Waals surface area contributed by atoms with Crippen molar-refractivity contribution in [1.29, 1.82) is 0 Å². The summed E-state index contributed by atoms with van der Waals surface area (Å²) in [6, 6.07) is 3.69. The first kappa shape index (κ1) is 13.1. The summed E-state index contributed by atoms with van der Waals surface area (Å²) >= 11 is 0. The summed E-state index contributed by atoms with van der Waals surface area (Å²) in [5.41, 5.74) is 0.279. The first-order valence-electron chi connectivity index (χ1n) is 5.78. The second-order valence-corrected chi connectivity index (χ2v) is 4.29. The third-order valence-electron chi connectivity index (χ3n) is 2.98. The van der Waals surface area contributed by atoms with Crippen molar-refractivity contribution in [3.05, 3.63) is 30.1 Å². The Morgan fingerprint density at radius 2 is 2.06 bits per heavy atom. The van der Waals surface area contributed by atoms with Gasteiger partial charge in [0.1, 0.15) is 11.9 Å². The minimum absolute atomic E-state index is 0.167. The Morgan fingerprint density at radius 1 is 1.28 bits per heavy atom. The number of hydrogen-bond acceptors (Lipinski definition) is 2. The van der Waals surface area contributed by atoms with E-state index in [2.05, 4.69) is 5.32 Å². The highest BCUT2D eigenvalue weighted by atomic mass is 19.4. The van der Waals surface area contributed by atoms with Crippen LogP contribution in [0.3, 0.4) is 0 Å². The summed E-state index contributed by atoms with van der Waals surface area (Å²) in [4.78, 5) is 1.23. The zero-order valence-electron chi connectivity index (χ0n) is 9.67. The Morgan fingerprint density at radius 3 is 2.72 bits per heavy atom. The molecule has 1 aliphatic rings. The van der Waals surface area contributed by atoms with Gasteiger partial charge in [-0.3, -0.25) is 0 Å². The van der Waals surface area contributed by atoms with Gasteiger partial charge in [-0.1, -0.05) is 6.07 Å². The van der Waals surface area contributed by atoms with E-state index in [1.807, 2.05) is 0 Å². The standard InChI is InChI=1S/C12H14F4N2/c13-9-3-1-4-10(7-9)18-6-2-5-17-8-11(18)12(14,15)16/h1,3-4,7,11,17H,2,5-6,8H2. The molecule has 1 saturated heterocycles. The van der Waals surface area contributed by atoms with Gasteiger partial charge in [0.05, 0.1) is 0 Å². The van der Waals surface area contributed by atoms with Crippen molar-refractivity contribution >= 4 is 5.69 Å². The van der Waals surface area contributed by atoms with E-state index in [1.165, 1.54) is 23.1 Å². The van der Waals surface area contributed by atoms with Crippen LogP contribution in [-0.4, -0.2) is 31.9 Å². The van der Waals surface area contributed by atoms with Crippen LogP contribution in [0, 0.1) is 5.82 Å². The highest BCUT2D eigenvalue weighted by Crippen LogP contribution is 2.30. The lowest BCUT2D eigenvalue weighted by Gasteiger charge is -2.33. The third-order valence-corrected chi connectivity index (χ3v) is 2.98. The van der Waals surface area contributed by atoms with Crippen LogP contribution >= 0.6 is 0 Å². The lowest BCUT2D eigenvalue weighted by molar-refractivity contribution is -0.147. The summed E-state index contributed by atoms with van der Waals surface area (Å²) in [6.07, 6.45) is -3.73. The van der Waals surface area contributed by atoms with Crippen LogP contribution in [0.25, 0.3) is 0 Å². The molecule has 1 aromatic carbocycles. The maximum absolute atomic E-state index is 13.1. The topological polar surface area (TPSA) is 15.3 Å². The van der Waals surface area contributed by atoms with Crippen molar-refractivity contribution in [3.8, 4) is 0 Å². The summed E-state index contributed by atoms with van der Waals surface area (Å²) in [6.45, 7) is 0.638. The number of anilines is 1. The van der Waals surface area contributed by atoms with Gasteiger partial charge < -0.3 is 10.2 Å². The maximum atomic E-state index is 13.1. The molecule has 2 rings (SSSR count). The van der Waals surface area contributed by atoms with Gasteiger partial charge in [0.2, 0.25) is 0 Å². The molecule has 0 saturated carbocycles. The zero-order chi connectivity index (χ0) is 13.2. The number of hydrogen-bond donors (Lipinski definition) is 1. The van der Waals surface area contributed by atoms with E-state index in [-0.39, 0.29) is 18.8 Å². The third kappa shape index (κ3) is 2.93. The number of nitrogens with zero attached hydrogens (tertiary/aromatic N) is 1. The van der Waals surface area contributed by atoms with E-state index in [9.17, 15) is 17.6 Å².